The molecule has 27 heavy (non-hydrogen) atoms. The van der Waals surface area contributed by atoms with Gasteiger partial charge in [-0.15, -0.1) is 0 Å². The van der Waals surface area contributed by atoms with Crippen LogP contribution in [0.1, 0.15) is 22.7 Å². The molecule has 2 rings (SSSR count). The van der Waals surface area contributed by atoms with E-state index in [2.05, 4.69) is 5.32 Å². The van der Waals surface area contributed by atoms with Crippen LogP contribution in [-0.2, 0) is 27.5 Å². The molecule has 1 atom stereocenters. The first-order chi connectivity index (χ1) is 12.5. The van der Waals surface area contributed by atoms with Crippen LogP contribution in [0.2, 0.25) is 0 Å². The molecule has 0 saturated heterocycles. The van der Waals surface area contributed by atoms with Crippen molar-refractivity contribution in [3.63, 3.8) is 0 Å². The summed E-state index contributed by atoms with van der Waals surface area (Å²) in [6, 6.07) is 11.7. The molecule has 146 valence electrons. The fourth-order valence-electron chi connectivity index (χ4n) is 2.50. The summed E-state index contributed by atoms with van der Waals surface area (Å²) in [5, 5.41) is 2.52. The molecule has 0 bridgehead atoms. The fraction of sp³-hybridized carbons (Fsp3) is 0.278. The quantitative estimate of drug-likeness (QED) is 0.811. The average molecular weight is 400 g/mol. The summed E-state index contributed by atoms with van der Waals surface area (Å²) in [6.07, 6.45) is -3.51. The van der Waals surface area contributed by atoms with Gasteiger partial charge in [0.15, 0.2) is 0 Å². The van der Waals surface area contributed by atoms with Crippen LogP contribution in [-0.4, -0.2) is 31.9 Å². The Balaban J connectivity index is 2.22. The minimum atomic E-state index is -4.48. The lowest BCUT2D eigenvalue weighted by atomic mass is 10.1. The van der Waals surface area contributed by atoms with Gasteiger partial charge in [0.1, 0.15) is 6.04 Å². The molecule has 0 aromatic heterocycles. The first-order valence-electron chi connectivity index (χ1n) is 7.92. The van der Waals surface area contributed by atoms with Gasteiger partial charge < -0.3 is 5.32 Å². The number of amides is 1. The maximum Gasteiger partial charge on any atom is 0.416 e. The minimum absolute atomic E-state index is 0.163. The first kappa shape index (κ1) is 20.9. The molecule has 5 nitrogen and oxygen atoms in total. The van der Waals surface area contributed by atoms with Gasteiger partial charge in [-0.05, 0) is 23.3 Å². The zero-order valence-corrected chi connectivity index (χ0v) is 15.5. The second kappa shape index (κ2) is 8.10. The molecular weight excluding hydrogens is 381 g/mol. The molecule has 0 fully saturated rings. The molecule has 2 aromatic rings. The number of carbonyl (C=O) groups is 1. The number of rotatable bonds is 6. The van der Waals surface area contributed by atoms with Crippen molar-refractivity contribution in [2.24, 2.45) is 0 Å². The van der Waals surface area contributed by atoms with Gasteiger partial charge >= 0.3 is 6.18 Å². The molecule has 0 aliphatic carbocycles. The first-order valence-corrected chi connectivity index (χ1v) is 9.77. The highest BCUT2D eigenvalue weighted by Gasteiger charge is 2.32. The molecular formula is C18H19F3N2O3S. The summed E-state index contributed by atoms with van der Waals surface area (Å²) in [5.41, 5.74) is -0.110. The van der Waals surface area contributed by atoms with Crippen LogP contribution in [0.25, 0.3) is 0 Å². The van der Waals surface area contributed by atoms with E-state index in [0.29, 0.717) is 5.56 Å². The van der Waals surface area contributed by atoms with E-state index < -0.39 is 33.7 Å². The highest BCUT2D eigenvalue weighted by molar-refractivity contribution is 7.88. The monoisotopic (exact) mass is 400 g/mol. The Morgan fingerprint density at radius 1 is 1.11 bits per heavy atom. The third-order valence-electron chi connectivity index (χ3n) is 3.97. The standard InChI is InChI=1S/C18H19F3N2O3S/c1-23(27(2,25)26)16(14-8-4-3-5-9-14)17(24)22-12-13-7-6-10-15(11-13)18(19,20)21/h3-11,16H,12H2,1-2H3,(H,22,24)/t16-/m0/s1. The van der Waals surface area contributed by atoms with Gasteiger partial charge in [-0.1, -0.05) is 42.5 Å². The Morgan fingerprint density at radius 3 is 2.30 bits per heavy atom. The number of nitrogens with zero attached hydrogens (tertiary/aromatic N) is 1. The van der Waals surface area contributed by atoms with Crippen molar-refractivity contribution in [2.75, 3.05) is 13.3 Å². The highest BCUT2D eigenvalue weighted by Crippen LogP contribution is 2.29. The van der Waals surface area contributed by atoms with Gasteiger partial charge in [-0.2, -0.15) is 17.5 Å². The Hall–Kier alpha value is -2.39. The number of carbonyl (C=O) groups excluding carboxylic acids is 1. The van der Waals surface area contributed by atoms with Crippen LogP contribution in [0.4, 0.5) is 13.2 Å². The summed E-state index contributed by atoms with van der Waals surface area (Å²) >= 11 is 0. The normalized spacial score (nSPS) is 13.4. The predicted molar refractivity (Wildman–Crippen MR) is 95.1 cm³/mol. The van der Waals surface area contributed by atoms with E-state index in [1.54, 1.807) is 30.3 Å². The van der Waals surface area contributed by atoms with Gasteiger partial charge in [0.05, 0.1) is 11.8 Å². The third-order valence-corrected chi connectivity index (χ3v) is 5.23. The van der Waals surface area contributed by atoms with E-state index in [9.17, 15) is 26.4 Å². The van der Waals surface area contributed by atoms with Crippen molar-refractivity contribution in [1.82, 2.24) is 9.62 Å². The maximum absolute atomic E-state index is 12.8. The van der Waals surface area contributed by atoms with Gasteiger partial charge in [-0.3, -0.25) is 4.79 Å². The SMILES string of the molecule is CN([C@H](C(=O)NCc1cccc(C(F)(F)F)c1)c1ccccc1)S(C)(=O)=O. The van der Waals surface area contributed by atoms with Crippen LogP contribution >= 0.6 is 0 Å². The topological polar surface area (TPSA) is 66.5 Å². The molecule has 1 N–H and O–H groups in total. The fourth-order valence-corrected chi connectivity index (χ4v) is 3.10. The van der Waals surface area contributed by atoms with Crippen molar-refractivity contribution in [2.45, 2.75) is 18.8 Å². The average Bonchev–Trinajstić information content (AvgIpc) is 2.60. The van der Waals surface area contributed by atoms with Crippen molar-refractivity contribution in [3.05, 3.63) is 71.3 Å². The van der Waals surface area contributed by atoms with E-state index in [1.165, 1.54) is 19.2 Å². The summed E-state index contributed by atoms with van der Waals surface area (Å²) in [5.74, 6) is -0.633. The van der Waals surface area contributed by atoms with Crippen molar-refractivity contribution in [3.8, 4) is 0 Å². The molecule has 0 aliphatic heterocycles. The summed E-state index contributed by atoms with van der Waals surface area (Å²) < 4.78 is 63.1. The zero-order valence-electron chi connectivity index (χ0n) is 14.7. The summed E-state index contributed by atoms with van der Waals surface area (Å²) in [6.45, 7) is -0.163. The predicted octanol–water partition coefficient (Wildman–Crippen LogP) is 2.95. The van der Waals surface area contributed by atoms with Crippen LogP contribution in [0.15, 0.2) is 54.6 Å². The smallest absolute Gasteiger partial charge is 0.350 e. The van der Waals surface area contributed by atoms with Crippen molar-refractivity contribution < 1.29 is 26.4 Å². The Labute approximate surface area is 155 Å². The highest BCUT2D eigenvalue weighted by atomic mass is 32.2. The molecule has 9 heteroatoms. The maximum atomic E-state index is 12.8. The van der Waals surface area contributed by atoms with Crippen molar-refractivity contribution >= 4 is 15.9 Å². The van der Waals surface area contributed by atoms with Crippen molar-refractivity contribution in [1.29, 1.82) is 0 Å². The number of hydrogen-bond donors (Lipinski definition) is 1. The molecule has 0 radical (unpaired) electrons. The summed E-state index contributed by atoms with van der Waals surface area (Å²) in [4.78, 5) is 12.6. The van der Waals surface area contributed by atoms with E-state index >= 15 is 0 Å². The molecule has 2 aromatic carbocycles. The molecule has 0 saturated carbocycles. The number of benzene rings is 2. The molecule has 1 amide bonds. The number of likely N-dealkylation sites (N-methyl/N-ethyl adjacent to an activating group) is 1. The van der Waals surface area contributed by atoms with E-state index in [-0.39, 0.29) is 12.1 Å². The van der Waals surface area contributed by atoms with Gasteiger partial charge in [0, 0.05) is 13.6 Å². The number of sulfonamides is 1. The lowest BCUT2D eigenvalue weighted by Crippen LogP contribution is -2.41. The lowest BCUT2D eigenvalue weighted by Gasteiger charge is -2.25. The molecule has 0 spiro atoms. The number of hydrogen-bond acceptors (Lipinski definition) is 3. The Kier molecular flexibility index (Phi) is 6.27. The number of halogens is 3. The van der Waals surface area contributed by atoms with Gasteiger partial charge in [-0.25, -0.2) is 8.42 Å². The molecule has 0 aliphatic rings. The zero-order chi connectivity index (χ0) is 20.2. The Morgan fingerprint density at radius 2 is 1.74 bits per heavy atom. The third kappa shape index (κ3) is 5.54. The summed E-state index contributed by atoms with van der Waals surface area (Å²) in [7, 11) is -2.41. The van der Waals surface area contributed by atoms with E-state index in [1.807, 2.05) is 0 Å². The van der Waals surface area contributed by atoms with Crippen LogP contribution in [0, 0.1) is 0 Å². The number of nitrogens with one attached hydrogen (secondary N) is 1. The molecule has 0 unspecified atom stereocenters. The van der Waals surface area contributed by atoms with Crippen LogP contribution in [0.5, 0.6) is 0 Å². The van der Waals surface area contributed by atoms with Crippen LogP contribution < -0.4 is 5.32 Å². The lowest BCUT2D eigenvalue weighted by molar-refractivity contribution is -0.137. The largest absolute Gasteiger partial charge is 0.416 e. The van der Waals surface area contributed by atoms with Gasteiger partial charge in [0.2, 0.25) is 15.9 Å². The Bertz CT molecular complexity index is 900. The second-order valence-electron chi connectivity index (χ2n) is 6.01. The number of alkyl halides is 3. The van der Waals surface area contributed by atoms with E-state index in [4.69, 9.17) is 0 Å². The molecule has 0 heterocycles. The van der Waals surface area contributed by atoms with Gasteiger partial charge in [0.25, 0.3) is 0 Å². The second-order valence-corrected chi connectivity index (χ2v) is 8.05. The van der Waals surface area contributed by atoms with E-state index in [0.717, 1.165) is 22.7 Å². The minimum Gasteiger partial charge on any atom is -0.350 e. The van der Waals surface area contributed by atoms with Crippen LogP contribution in [0.3, 0.4) is 0 Å².